The van der Waals surface area contributed by atoms with E-state index in [0.29, 0.717) is 35.0 Å². The number of rotatable bonds is 10. The number of amides is 1. The number of ether oxygens (including phenoxy) is 1. The number of benzene rings is 2. The fourth-order valence-corrected chi connectivity index (χ4v) is 4.60. The highest BCUT2D eigenvalue weighted by atomic mass is 32.2. The first-order chi connectivity index (χ1) is 17.4. The van der Waals surface area contributed by atoms with Gasteiger partial charge < -0.3 is 14.6 Å². The number of halogens is 3. The number of hydrogen-bond acceptors (Lipinski definition) is 5. The third-order valence-electron chi connectivity index (χ3n) is 5.63. The molecule has 3 rings (SSSR count). The van der Waals surface area contributed by atoms with E-state index < -0.39 is 17.0 Å². The predicted molar refractivity (Wildman–Crippen MR) is 140 cm³/mol. The second-order valence-corrected chi connectivity index (χ2v) is 10.9. The molecule has 0 aliphatic heterocycles. The first kappa shape index (κ1) is 28.6. The average Bonchev–Trinajstić information content (AvgIpc) is 3.20. The molecule has 10 heteroatoms. The maximum Gasteiger partial charge on any atom is 0.416 e. The van der Waals surface area contributed by atoms with Crippen molar-refractivity contribution in [2.45, 2.75) is 76.7 Å². The number of aromatic nitrogens is 3. The minimum atomic E-state index is -4.43. The van der Waals surface area contributed by atoms with Crippen LogP contribution >= 0.6 is 11.8 Å². The smallest absolute Gasteiger partial charge is 0.416 e. The Bertz CT molecular complexity index is 1190. The first-order valence-corrected chi connectivity index (χ1v) is 13.1. The number of carbonyl (C=O) groups excluding carboxylic acids is 1. The maximum atomic E-state index is 12.8. The number of nitrogens with zero attached hydrogens (tertiary/aromatic N) is 3. The number of carbonyl (C=O) groups is 1. The van der Waals surface area contributed by atoms with Crippen LogP contribution in [-0.4, -0.2) is 25.9 Å². The van der Waals surface area contributed by atoms with Crippen molar-refractivity contribution in [1.82, 2.24) is 14.8 Å². The lowest BCUT2D eigenvalue weighted by Gasteiger charge is -2.21. The Labute approximate surface area is 220 Å². The van der Waals surface area contributed by atoms with Gasteiger partial charge in [0.15, 0.2) is 17.1 Å². The number of hydrogen-bond donors (Lipinski definition) is 1. The molecule has 2 unspecified atom stereocenters. The van der Waals surface area contributed by atoms with E-state index in [4.69, 9.17) is 4.74 Å². The Morgan fingerprint density at radius 2 is 1.65 bits per heavy atom. The first-order valence-electron chi connectivity index (χ1n) is 12.2. The quantitative estimate of drug-likeness (QED) is 0.276. The Morgan fingerprint density at radius 3 is 2.24 bits per heavy atom. The monoisotopic (exact) mass is 534 g/mol. The van der Waals surface area contributed by atoms with Crippen molar-refractivity contribution >= 4 is 23.4 Å². The normalized spacial score (nSPS) is 13.6. The van der Waals surface area contributed by atoms with Crippen LogP contribution in [0.4, 0.5) is 18.9 Å². The average molecular weight is 535 g/mol. The molecule has 1 N–H and O–H groups in total. The van der Waals surface area contributed by atoms with Gasteiger partial charge in [0.05, 0.1) is 10.8 Å². The zero-order valence-corrected chi connectivity index (χ0v) is 22.7. The fourth-order valence-electron chi connectivity index (χ4n) is 3.73. The molecule has 0 fully saturated rings. The highest BCUT2D eigenvalue weighted by Gasteiger charge is 2.30. The summed E-state index contributed by atoms with van der Waals surface area (Å²) in [5.74, 6) is 1.70. The lowest BCUT2D eigenvalue weighted by atomic mass is 10.0. The van der Waals surface area contributed by atoms with Crippen molar-refractivity contribution < 1.29 is 22.7 Å². The van der Waals surface area contributed by atoms with E-state index in [1.165, 1.54) is 23.9 Å². The Balaban J connectivity index is 1.75. The molecule has 1 aromatic heterocycles. The van der Waals surface area contributed by atoms with Crippen LogP contribution in [0, 0.1) is 5.92 Å². The van der Waals surface area contributed by atoms with Gasteiger partial charge in [0, 0.05) is 12.2 Å². The summed E-state index contributed by atoms with van der Waals surface area (Å²) in [4.78, 5) is 12.8. The van der Waals surface area contributed by atoms with E-state index in [-0.39, 0.29) is 12.0 Å². The van der Waals surface area contributed by atoms with E-state index in [9.17, 15) is 18.0 Å². The zero-order chi connectivity index (χ0) is 27.3. The van der Waals surface area contributed by atoms with Crippen molar-refractivity contribution in [3.05, 3.63) is 65.5 Å². The number of anilines is 1. The fraction of sp³-hybridized carbons (Fsp3) is 0.444. The van der Waals surface area contributed by atoms with Gasteiger partial charge in [0.25, 0.3) is 0 Å². The number of para-hydroxylation sites is 1. The SMILES string of the molecule is CC(C)Cn1c(SC(C)C(=O)Nc2ccc(C(F)(F)F)cc2)nnc1C(C)Oc1ccccc1C(C)C. The van der Waals surface area contributed by atoms with Crippen LogP contribution in [0.2, 0.25) is 0 Å². The van der Waals surface area contributed by atoms with Gasteiger partial charge in [0.2, 0.25) is 5.91 Å². The molecule has 2 atom stereocenters. The van der Waals surface area contributed by atoms with E-state index in [0.717, 1.165) is 23.4 Å². The molecule has 1 amide bonds. The van der Waals surface area contributed by atoms with Crippen LogP contribution in [0.25, 0.3) is 0 Å². The summed E-state index contributed by atoms with van der Waals surface area (Å²) in [5.41, 5.74) is 0.627. The topological polar surface area (TPSA) is 69.0 Å². The lowest BCUT2D eigenvalue weighted by Crippen LogP contribution is -2.23. The van der Waals surface area contributed by atoms with Gasteiger partial charge in [-0.2, -0.15) is 13.2 Å². The minimum Gasteiger partial charge on any atom is -0.482 e. The Hall–Kier alpha value is -3.01. The van der Waals surface area contributed by atoms with Crippen molar-refractivity contribution in [2.75, 3.05) is 5.32 Å². The predicted octanol–water partition coefficient (Wildman–Crippen LogP) is 7.34. The summed E-state index contributed by atoms with van der Waals surface area (Å²) in [6.45, 7) is 12.7. The highest BCUT2D eigenvalue weighted by Crippen LogP contribution is 2.33. The van der Waals surface area contributed by atoms with Gasteiger partial charge in [-0.15, -0.1) is 10.2 Å². The largest absolute Gasteiger partial charge is 0.482 e. The van der Waals surface area contributed by atoms with Crippen LogP contribution in [0.15, 0.2) is 53.7 Å². The van der Waals surface area contributed by atoms with Crippen molar-refractivity contribution in [2.24, 2.45) is 5.92 Å². The summed E-state index contributed by atoms with van der Waals surface area (Å²) >= 11 is 1.24. The highest BCUT2D eigenvalue weighted by molar-refractivity contribution is 8.00. The van der Waals surface area contributed by atoms with Gasteiger partial charge in [-0.05, 0) is 61.6 Å². The van der Waals surface area contributed by atoms with Crippen molar-refractivity contribution in [3.63, 3.8) is 0 Å². The van der Waals surface area contributed by atoms with E-state index in [2.05, 4.69) is 43.2 Å². The van der Waals surface area contributed by atoms with Crippen LogP contribution in [0.3, 0.4) is 0 Å². The molecule has 0 saturated heterocycles. The molecule has 3 aromatic rings. The van der Waals surface area contributed by atoms with Crippen LogP contribution < -0.4 is 10.1 Å². The molecule has 0 bridgehead atoms. The summed E-state index contributed by atoms with van der Waals surface area (Å²) in [5, 5.41) is 11.4. The van der Waals surface area contributed by atoms with Gasteiger partial charge in [0.1, 0.15) is 5.75 Å². The van der Waals surface area contributed by atoms with Gasteiger partial charge in [-0.1, -0.05) is 57.7 Å². The standard InChI is InChI=1S/C27H33F3N4O2S/c1-16(2)15-34-24(18(5)36-23-10-8-7-9-22(23)17(3)4)32-33-26(34)37-19(6)25(35)31-21-13-11-20(12-14-21)27(28,29)30/h7-14,16-19H,15H2,1-6H3,(H,31,35). The van der Waals surface area contributed by atoms with Crippen LogP contribution in [0.5, 0.6) is 5.75 Å². The van der Waals surface area contributed by atoms with E-state index in [1.54, 1.807) is 6.92 Å². The summed E-state index contributed by atoms with van der Waals surface area (Å²) in [6, 6.07) is 12.3. The molecule has 37 heavy (non-hydrogen) atoms. The summed E-state index contributed by atoms with van der Waals surface area (Å²) < 4.78 is 46.7. The molecular formula is C27H33F3N4O2S. The number of nitrogens with one attached hydrogen (secondary N) is 1. The van der Waals surface area contributed by atoms with Gasteiger partial charge in [-0.3, -0.25) is 4.79 Å². The number of thioether (sulfide) groups is 1. The molecule has 0 aliphatic rings. The molecule has 0 saturated carbocycles. The Kier molecular flexibility index (Phi) is 9.28. The van der Waals surface area contributed by atoms with Crippen LogP contribution in [0.1, 0.15) is 70.5 Å². The Morgan fingerprint density at radius 1 is 1.00 bits per heavy atom. The van der Waals surface area contributed by atoms with Crippen LogP contribution in [-0.2, 0) is 17.5 Å². The zero-order valence-electron chi connectivity index (χ0n) is 21.8. The summed E-state index contributed by atoms with van der Waals surface area (Å²) in [6.07, 6.45) is -4.81. The molecular weight excluding hydrogens is 501 g/mol. The van der Waals surface area contributed by atoms with E-state index >= 15 is 0 Å². The van der Waals surface area contributed by atoms with Crippen molar-refractivity contribution in [3.8, 4) is 5.75 Å². The molecule has 0 radical (unpaired) electrons. The van der Waals surface area contributed by atoms with Gasteiger partial charge >= 0.3 is 6.18 Å². The molecule has 1 heterocycles. The second kappa shape index (κ2) is 12.0. The lowest BCUT2D eigenvalue weighted by molar-refractivity contribution is -0.137. The molecule has 0 aliphatic carbocycles. The minimum absolute atomic E-state index is 0.292. The molecule has 6 nitrogen and oxygen atoms in total. The number of alkyl halides is 3. The molecule has 200 valence electrons. The molecule has 0 spiro atoms. The maximum absolute atomic E-state index is 12.8. The van der Waals surface area contributed by atoms with Crippen molar-refractivity contribution in [1.29, 1.82) is 0 Å². The van der Waals surface area contributed by atoms with E-state index in [1.807, 2.05) is 35.8 Å². The third kappa shape index (κ3) is 7.50. The summed E-state index contributed by atoms with van der Waals surface area (Å²) in [7, 11) is 0. The van der Waals surface area contributed by atoms with Gasteiger partial charge in [-0.25, -0.2) is 0 Å². The second-order valence-electron chi connectivity index (χ2n) is 9.62. The third-order valence-corrected chi connectivity index (χ3v) is 6.71. The molecule has 2 aromatic carbocycles.